The second-order valence-corrected chi connectivity index (χ2v) is 6.08. The molecule has 2 aliphatic rings. The fourth-order valence-corrected chi connectivity index (χ4v) is 3.38. The minimum atomic E-state index is 0.0374. The molecule has 0 bridgehead atoms. The number of hydrogen-bond donors (Lipinski definition) is 0. The van der Waals surface area contributed by atoms with E-state index in [4.69, 9.17) is 4.74 Å². The number of aryl methyl sites for hydroxylation is 2. The van der Waals surface area contributed by atoms with Gasteiger partial charge in [-0.05, 0) is 58.1 Å². The molecule has 1 unspecified atom stereocenters. The molecule has 1 aromatic heterocycles. The molecule has 102 valence electrons. The standard InChI is InChI=1S/C16H21NO2/c1-11-8-14(9-12(2)17-11)15(18)13-4-7-19-16(10-13)5-3-6-16/h8-9,13H,3-7,10H2,1-2H3. The molecule has 1 aliphatic carbocycles. The van der Waals surface area contributed by atoms with Crippen LogP contribution in [0.5, 0.6) is 0 Å². The van der Waals surface area contributed by atoms with Crippen LogP contribution in [0.25, 0.3) is 0 Å². The Hall–Kier alpha value is -1.22. The molecule has 0 aromatic carbocycles. The molecule has 3 nitrogen and oxygen atoms in total. The first-order valence-corrected chi connectivity index (χ1v) is 7.21. The normalized spacial score (nSPS) is 25.1. The summed E-state index contributed by atoms with van der Waals surface area (Å²) in [7, 11) is 0. The van der Waals surface area contributed by atoms with Crippen molar-refractivity contribution in [1.29, 1.82) is 0 Å². The molecule has 0 amide bonds. The Balaban J connectivity index is 1.79. The van der Waals surface area contributed by atoms with Crippen LogP contribution < -0.4 is 0 Å². The topological polar surface area (TPSA) is 39.2 Å². The van der Waals surface area contributed by atoms with Crippen molar-refractivity contribution in [3.05, 3.63) is 29.1 Å². The van der Waals surface area contributed by atoms with Gasteiger partial charge in [-0.2, -0.15) is 0 Å². The molecule has 1 saturated heterocycles. The van der Waals surface area contributed by atoms with E-state index in [0.717, 1.165) is 49.2 Å². The van der Waals surface area contributed by atoms with Gasteiger partial charge in [0.1, 0.15) is 0 Å². The molecule has 3 heteroatoms. The summed E-state index contributed by atoms with van der Waals surface area (Å²) in [5.74, 6) is 0.415. The van der Waals surface area contributed by atoms with Crippen LogP contribution in [0.3, 0.4) is 0 Å². The minimum Gasteiger partial charge on any atom is -0.375 e. The predicted molar refractivity (Wildman–Crippen MR) is 73.3 cm³/mol. The van der Waals surface area contributed by atoms with Gasteiger partial charge in [-0.25, -0.2) is 0 Å². The van der Waals surface area contributed by atoms with Crippen molar-refractivity contribution in [1.82, 2.24) is 4.98 Å². The zero-order valence-electron chi connectivity index (χ0n) is 11.7. The first-order chi connectivity index (χ1) is 9.08. The van der Waals surface area contributed by atoms with Gasteiger partial charge in [-0.15, -0.1) is 0 Å². The largest absolute Gasteiger partial charge is 0.375 e. The Morgan fingerprint density at radius 2 is 2.00 bits per heavy atom. The van der Waals surface area contributed by atoms with Crippen molar-refractivity contribution >= 4 is 5.78 Å². The van der Waals surface area contributed by atoms with Gasteiger partial charge in [0.05, 0.1) is 5.60 Å². The van der Waals surface area contributed by atoms with Crippen molar-refractivity contribution in [3.8, 4) is 0 Å². The maximum Gasteiger partial charge on any atom is 0.166 e. The maximum absolute atomic E-state index is 12.6. The third kappa shape index (κ3) is 2.44. The Morgan fingerprint density at radius 1 is 1.32 bits per heavy atom. The quantitative estimate of drug-likeness (QED) is 0.765. The molecule has 1 spiro atoms. The Kier molecular flexibility index (Phi) is 3.17. The highest BCUT2D eigenvalue weighted by Crippen LogP contribution is 2.44. The van der Waals surface area contributed by atoms with E-state index < -0.39 is 0 Å². The number of hydrogen-bond acceptors (Lipinski definition) is 3. The number of rotatable bonds is 2. The Bertz CT molecular complexity index is 485. The summed E-state index contributed by atoms with van der Waals surface area (Å²) in [6.45, 7) is 4.63. The second-order valence-electron chi connectivity index (χ2n) is 6.08. The van der Waals surface area contributed by atoms with Crippen LogP contribution in [0.1, 0.15) is 53.8 Å². The number of aromatic nitrogens is 1. The van der Waals surface area contributed by atoms with Crippen LogP contribution in [0.15, 0.2) is 12.1 Å². The van der Waals surface area contributed by atoms with E-state index in [1.165, 1.54) is 6.42 Å². The lowest BCUT2D eigenvalue weighted by atomic mass is 9.70. The van der Waals surface area contributed by atoms with Crippen molar-refractivity contribution in [2.24, 2.45) is 5.92 Å². The lowest BCUT2D eigenvalue weighted by Crippen LogP contribution is -2.47. The van der Waals surface area contributed by atoms with E-state index in [2.05, 4.69) is 4.98 Å². The van der Waals surface area contributed by atoms with Gasteiger partial charge in [0.15, 0.2) is 5.78 Å². The molecular weight excluding hydrogens is 238 g/mol. The molecular formula is C16H21NO2. The number of nitrogens with zero attached hydrogens (tertiary/aromatic N) is 1. The van der Waals surface area contributed by atoms with E-state index in [9.17, 15) is 4.79 Å². The number of carbonyl (C=O) groups excluding carboxylic acids is 1. The van der Waals surface area contributed by atoms with Gasteiger partial charge in [0, 0.05) is 29.5 Å². The number of ether oxygens (including phenoxy) is 1. The molecule has 0 N–H and O–H groups in total. The van der Waals surface area contributed by atoms with E-state index >= 15 is 0 Å². The number of ketones is 1. The van der Waals surface area contributed by atoms with Crippen molar-refractivity contribution in [2.75, 3.05) is 6.61 Å². The van der Waals surface area contributed by atoms with Crippen LogP contribution in [0.2, 0.25) is 0 Å². The predicted octanol–water partition coefficient (Wildman–Crippen LogP) is 3.23. The summed E-state index contributed by atoms with van der Waals surface area (Å²) in [4.78, 5) is 17.0. The third-order valence-corrected chi connectivity index (χ3v) is 4.49. The van der Waals surface area contributed by atoms with Crippen molar-refractivity contribution < 1.29 is 9.53 Å². The number of pyridine rings is 1. The number of Topliss-reactive ketones (excluding diaryl/α,β-unsaturated/α-hetero) is 1. The minimum absolute atomic E-state index is 0.0374. The average molecular weight is 259 g/mol. The molecule has 1 saturated carbocycles. The summed E-state index contributed by atoms with van der Waals surface area (Å²) in [5.41, 5.74) is 2.71. The fraction of sp³-hybridized carbons (Fsp3) is 0.625. The highest BCUT2D eigenvalue weighted by Gasteiger charge is 2.44. The monoisotopic (exact) mass is 259 g/mol. The summed E-state index contributed by atoms with van der Waals surface area (Å²) < 4.78 is 5.90. The number of carbonyl (C=O) groups is 1. The van der Waals surface area contributed by atoms with Crippen LogP contribution in [0, 0.1) is 19.8 Å². The summed E-state index contributed by atoms with van der Waals surface area (Å²) in [6, 6.07) is 3.83. The maximum atomic E-state index is 12.6. The smallest absolute Gasteiger partial charge is 0.166 e. The Labute approximate surface area is 114 Å². The molecule has 2 heterocycles. The van der Waals surface area contributed by atoms with Gasteiger partial charge < -0.3 is 4.74 Å². The van der Waals surface area contributed by atoms with Gasteiger partial charge in [-0.3, -0.25) is 9.78 Å². The van der Waals surface area contributed by atoms with Crippen molar-refractivity contribution in [2.45, 2.75) is 51.6 Å². The SMILES string of the molecule is Cc1cc(C(=O)C2CCOC3(CCC3)C2)cc(C)n1. The van der Waals surface area contributed by atoms with E-state index in [1.807, 2.05) is 26.0 Å². The molecule has 1 aliphatic heterocycles. The third-order valence-electron chi connectivity index (χ3n) is 4.49. The zero-order chi connectivity index (χ0) is 13.5. The summed E-state index contributed by atoms with van der Waals surface area (Å²) in [6.07, 6.45) is 5.28. The first-order valence-electron chi connectivity index (χ1n) is 7.21. The summed E-state index contributed by atoms with van der Waals surface area (Å²) in [5, 5.41) is 0. The van der Waals surface area contributed by atoms with Gasteiger partial charge in [0.25, 0.3) is 0 Å². The van der Waals surface area contributed by atoms with Crippen LogP contribution >= 0.6 is 0 Å². The molecule has 0 radical (unpaired) electrons. The lowest BCUT2D eigenvalue weighted by molar-refractivity contribution is -0.137. The Morgan fingerprint density at radius 3 is 2.58 bits per heavy atom. The highest BCUT2D eigenvalue weighted by molar-refractivity contribution is 5.98. The van der Waals surface area contributed by atoms with Crippen LogP contribution in [-0.4, -0.2) is 23.0 Å². The van der Waals surface area contributed by atoms with Gasteiger partial charge in [-0.1, -0.05) is 0 Å². The summed E-state index contributed by atoms with van der Waals surface area (Å²) >= 11 is 0. The van der Waals surface area contributed by atoms with Crippen LogP contribution in [-0.2, 0) is 4.74 Å². The van der Waals surface area contributed by atoms with E-state index in [1.54, 1.807) is 0 Å². The molecule has 1 aromatic rings. The molecule has 19 heavy (non-hydrogen) atoms. The molecule has 1 atom stereocenters. The van der Waals surface area contributed by atoms with E-state index in [-0.39, 0.29) is 17.3 Å². The lowest BCUT2D eigenvalue weighted by Gasteiger charge is -2.46. The average Bonchev–Trinajstić information content (AvgIpc) is 2.35. The highest BCUT2D eigenvalue weighted by atomic mass is 16.5. The van der Waals surface area contributed by atoms with Gasteiger partial charge in [0.2, 0.25) is 0 Å². The fourth-order valence-electron chi connectivity index (χ4n) is 3.38. The van der Waals surface area contributed by atoms with Crippen LogP contribution in [0.4, 0.5) is 0 Å². The van der Waals surface area contributed by atoms with Crippen molar-refractivity contribution in [3.63, 3.8) is 0 Å². The second kappa shape index (κ2) is 4.71. The first kappa shape index (κ1) is 12.8. The molecule has 3 rings (SSSR count). The van der Waals surface area contributed by atoms with E-state index in [0.29, 0.717) is 0 Å². The molecule has 2 fully saturated rings. The van der Waals surface area contributed by atoms with Gasteiger partial charge >= 0.3 is 0 Å². The zero-order valence-corrected chi connectivity index (χ0v) is 11.7.